The highest BCUT2D eigenvalue weighted by molar-refractivity contribution is 7.89. The number of carbonyl (C=O) groups excluding carboxylic acids is 1. The minimum absolute atomic E-state index is 0.0203. The number of amides is 1. The van der Waals surface area contributed by atoms with Crippen molar-refractivity contribution in [3.63, 3.8) is 0 Å². The van der Waals surface area contributed by atoms with Gasteiger partial charge in [-0.3, -0.25) is 4.79 Å². The number of hydrogen-bond donors (Lipinski definition) is 2. The number of benzene rings is 2. The van der Waals surface area contributed by atoms with E-state index in [-0.39, 0.29) is 23.0 Å². The second-order valence-electron chi connectivity index (χ2n) is 5.18. The Balaban J connectivity index is 2.25. The maximum Gasteiger partial charge on any atom is 0.240 e. The topological polar surface area (TPSA) is 93.7 Å². The molecule has 0 aliphatic carbocycles. The minimum atomic E-state index is -3.78. The highest BCUT2D eigenvalue weighted by Crippen LogP contribution is 2.27. The lowest BCUT2D eigenvalue weighted by atomic mass is 10.2. The highest BCUT2D eigenvalue weighted by atomic mass is 32.2. The Hall–Kier alpha value is -2.58. The molecule has 0 saturated carbocycles. The van der Waals surface area contributed by atoms with E-state index >= 15 is 0 Å². The van der Waals surface area contributed by atoms with Crippen LogP contribution in [0.15, 0.2) is 47.4 Å². The fourth-order valence-corrected chi connectivity index (χ4v) is 3.28. The smallest absolute Gasteiger partial charge is 0.240 e. The first-order valence-electron chi connectivity index (χ1n) is 7.44. The normalized spacial score (nSPS) is 11.0. The van der Waals surface area contributed by atoms with Crippen LogP contribution in [-0.4, -0.2) is 28.5 Å². The quantitative estimate of drug-likeness (QED) is 0.785. The molecule has 8 heteroatoms. The van der Waals surface area contributed by atoms with Gasteiger partial charge in [-0.05, 0) is 24.3 Å². The van der Waals surface area contributed by atoms with E-state index in [1.165, 1.54) is 39.3 Å². The molecule has 7 nitrogen and oxygen atoms in total. The van der Waals surface area contributed by atoms with E-state index < -0.39 is 10.0 Å². The van der Waals surface area contributed by atoms with Crippen molar-refractivity contribution >= 4 is 21.6 Å². The van der Waals surface area contributed by atoms with Gasteiger partial charge in [0.1, 0.15) is 11.5 Å². The van der Waals surface area contributed by atoms with Crippen molar-refractivity contribution in [3.8, 4) is 11.5 Å². The van der Waals surface area contributed by atoms with Crippen molar-refractivity contribution in [1.29, 1.82) is 0 Å². The summed E-state index contributed by atoms with van der Waals surface area (Å²) in [5, 5.41) is 2.55. The molecule has 0 aromatic heterocycles. The maximum absolute atomic E-state index is 12.5. The van der Waals surface area contributed by atoms with Crippen LogP contribution in [0.4, 0.5) is 5.69 Å². The lowest BCUT2D eigenvalue weighted by Gasteiger charge is -2.13. The average Bonchev–Trinajstić information content (AvgIpc) is 2.59. The molecule has 0 unspecified atom stereocenters. The zero-order valence-electron chi connectivity index (χ0n) is 14.2. The van der Waals surface area contributed by atoms with Crippen molar-refractivity contribution < 1.29 is 22.7 Å². The molecular weight excluding hydrogens is 344 g/mol. The molecular formula is C17H20N2O5S. The van der Waals surface area contributed by atoms with Crippen LogP contribution in [0.3, 0.4) is 0 Å². The number of para-hydroxylation sites is 1. The molecule has 0 fully saturated rings. The predicted molar refractivity (Wildman–Crippen MR) is 94.3 cm³/mol. The van der Waals surface area contributed by atoms with Gasteiger partial charge in [0.2, 0.25) is 15.9 Å². The van der Waals surface area contributed by atoms with Gasteiger partial charge >= 0.3 is 0 Å². The van der Waals surface area contributed by atoms with Gasteiger partial charge in [-0.1, -0.05) is 18.2 Å². The van der Waals surface area contributed by atoms with Gasteiger partial charge in [-0.25, -0.2) is 13.1 Å². The van der Waals surface area contributed by atoms with E-state index in [1.54, 1.807) is 24.3 Å². The van der Waals surface area contributed by atoms with Gasteiger partial charge < -0.3 is 14.8 Å². The van der Waals surface area contributed by atoms with Crippen LogP contribution in [0.25, 0.3) is 0 Å². The van der Waals surface area contributed by atoms with Crippen molar-refractivity contribution in [2.75, 3.05) is 19.5 Å². The molecule has 0 atom stereocenters. The Morgan fingerprint density at radius 1 is 1.04 bits per heavy atom. The average molecular weight is 364 g/mol. The Labute approximate surface area is 147 Å². The van der Waals surface area contributed by atoms with E-state index in [2.05, 4.69) is 10.0 Å². The van der Waals surface area contributed by atoms with E-state index in [1.807, 2.05) is 0 Å². The van der Waals surface area contributed by atoms with Crippen LogP contribution in [0.2, 0.25) is 0 Å². The Morgan fingerprint density at radius 3 is 2.36 bits per heavy atom. The third-order valence-corrected chi connectivity index (χ3v) is 4.84. The number of sulfonamides is 1. The number of hydrogen-bond acceptors (Lipinski definition) is 5. The van der Waals surface area contributed by atoms with E-state index in [0.29, 0.717) is 17.1 Å². The largest absolute Gasteiger partial charge is 0.496 e. The van der Waals surface area contributed by atoms with Gasteiger partial charge in [-0.15, -0.1) is 0 Å². The van der Waals surface area contributed by atoms with Crippen molar-refractivity contribution in [2.24, 2.45) is 0 Å². The van der Waals surface area contributed by atoms with E-state index in [4.69, 9.17) is 9.47 Å². The number of rotatable bonds is 7. The summed E-state index contributed by atoms with van der Waals surface area (Å²) in [5.41, 5.74) is 0.999. The zero-order valence-corrected chi connectivity index (χ0v) is 15.0. The molecule has 25 heavy (non-hydrogen) atoms. The van der Waals surface area contributed by atoms with Gasteiger partial charge in [0.15, 0.2) is 0 Å². The predicted octanol–water partition coefficient (Wildman–Crippen LogP) is 2.14. The Morgan fingerprint density at radius 2 is 1.72 bits per heavy atom. The summed E-state index contributed by atoms with van der Waals surface area (Å²) in [5.74, 6) is 0.646. The summed E-state index contributed by atoms with van der Waals surface area (Å²) < 4.78 is 37.9. The standard InChI is InChI=1S/C17H20N2O5S/c1-12(20)19-15-10-14(8-9-17(15)24-3)25(21,22)18-11-13-6-4-5-7-16(13)23-2/h4-10,18H,11H2,1-3H3,(H,19,20). The van der Waals surface area contributed by atoms with Crippen molar-refractivity contribution in [1.82, 2.24) is 4.72 Å². The van der Waals surface area contributed by atoms with Crippen molar-refractivity contribution in [3.05, 3.63) is 48.0 Å². The van der Waals surface area contributed by atoms with Gasteiger partial charge in [-0.2, -0.15) is 0 Å². The van der Waals surface area contributed by atoms with E-state index in [0.717, 1.165) is 0 Å². The molecule has 2 N–H and O–H groups in total. The molecule has 2 aromatic rings. The molecule has 0 heterocycles. The van der Waals surface area contributed by atoms with Crippen LogP contribution >= 0.6 is 0 Å². The molecule has 0 radical (unpaired) electrons. The molecule has 0 spiro atoms. The molecule has 2 aromatic carbocycles. The minimum Gasteiger partial charge on any atom is -0.496 e. The van der Waals surface area contributed by atoms with Crippen LogP contribution in [0, 0.1) is 0 Å². The number of ether oxygens (including phenoxy) is 2. The fraction of sp³-hybridized carbons (Fsp3) is 0.235. The molecule has 0 saturated heterocycles. The number of anilines is 1. The lowest BCUT2D eigenvalue weighted by Crippen LogP contribution is -2.23. The van der Waals surface area contributed by atoms with Gasteiger partial charge in [0.25, 0.3) is 0 Å². The number of nitrogens with one attached hydrogen (secondary N) is 2. The first-order valence-corrected chi connectivity index (χ1v) is 8.93. The molecule has 0 aliphatic rings. The summed E-state index contributed by atoms with van der Waals surface area (Å²) in [7, 11) is -0.816. The summed E-state index contributed by atoms with van der Waals surface area (Å²) in [6, 6.07) is 11.4. The van der Waals surface area contributed by atoms with Crippen LogP contribution in [-0.2, 0) is 21.4 Å². The van der Waals surface area contributed by atoms with Gasteiger partial charge in [0, 0.05) is 19.0 Å². The lowest BCUT2D eigenvalue weighted by molar-refractivity contribution is -0.114. The molecule has 0 bridgehead atoms. The zero-order chi connectivity index (χ0) is 18.4. The highest BCUT2D eigenvalue weighted by Gasteiger charge is 2.17. The summed E-state index contributed by atoms with van der Waals surface area (Å²) >= 11 is 0. The van der Waals surface area contributed by atoms with Crippen LogP contribution < -0.4 is 19.5 Å². The molecule has 134 valence electrons. The molecule has 0 aliphatic heterocycles. The fourth-order valence-electron chi connectivity index (χ4n) is 2.25. The third kappa shape index (κ3) is 4.71. The second kappa shape index (κ2) is 8.00. The first-order chi connectivity index (χ1) is 11.9. The SMILES string of the molecule is COc1ccccc1CNS(=O)(=O)c1ccc(OC)c(NC(C)=O)c1. The van der Waals surface area contributed by atoms with Crippen molar-refractivity contribution in [2.45, 2.75) is 18.4 Å². The van der Waals surface area contributed by atoms with E-state index in [9.17, 15) is 13.2 Å². The Kier molecular flexibility index (Phi) is 6.00. The van der Waals surface area contributed by atoms with Gasteiger partial charge in [0.05, 0.1) is 24.8 Å². The number of carbonyl (C=O) groups is 1. The van der Waals surface area contributed by atoms with Crippen LogP contribution in [0.1, 0.15) is 12.5 Å². The summed E-state index contributed by atoms with van der Waals surface area (Å²) in [4.78, 5) is 11.3. The maximum atomic E-state index is 12.5. The summed E-state index contributed by atoms with van der Waals surface area (Å²) in [6.45, 7) is 1.41. The first kappa shape index (κ1) is 18.8. The number of methoxy groups -OCH3 is 2. The third-order valence-electron chi connectivity index (χ3n) is 3.44. The molecule has 2 rings (SSSR count). The second-order valence-corrected chi connectivity index (χ2v) is 6.95. The molecule has 1 amide bonds. The summed E-state index contributed by atoms with van der Waals surface area (Å²) in [6.07, 6.45) is 0. The van der Waals surface area contributed by atoms with Crippen LogP contribution in [0.5, 0.6) is 11.5 Å². The Bertz CT molecular complexity index is 865. The monoisotopic (exact) mass is 364 g/mol.